The van der Waals surface area contributed by atoms with Crippen LogP contribution in [0, 0.1) is 0 Å². The number of pyridine rings is 1. The van der Waals surface area contributed by atoms with Crippen LogP contribution in [-0.2, 0) is 17.6 Å². The Hall–Kier alpha value is -1.34. The molecule has 0 saturated heterocycles. The average molecular weight is 374 g/mol. The zero-order valence-electron chi connectivity index (χ0n) is 15.5. The monoisotopic (exact) mass is 374 g/mol. The van der Waals surface area contributed by atoms with Crippen molar-refractivity contribution in [2.45, 2.75) is 51.1 Å². The van der Waals surface area contributed by atoms with Gasteiger partial charge in [-0.3, -0.25) is 0 Å². The van der Waals surface area contributed by atoms with E-state index in [2.05, 4.69) is 9.88 Å². The summed E-state index contributed by atoms with van der Waals surface area (Å²) in [6, 6.07) is 3.40. The van der Waals surface area contributed by atoms with Gasteiger partial charge in [0.05, 0.1) is 0 Å². The first-order valence-corrected chi connectivity index (χ1v) is 9.37. The molecule has 0 amide bonds. The summed E-state index contributed by atoms with van der Waals surface area (Å²) in [5.41, 5.74) is 1.98. The molecular formula is C19H29F3N2O2. The highest BCUT2D eigenvalue weighted by Gasteiger charge is 2.28. The van der Waals surface area contributed by atoms with E-state index >= 15 is 0 Å². The number of ether oxygens (including phenoxy) is 2. The SMILES string of the molecule is COCCCCCCCN1CCc2ccc(OCC(F)(F)F)nc2CC1. The third kappa shape index (κ3) is 7.91. The van der Waals surface area contributed by atoms with Gasteiger partial charge in [0, 0.05) is 45.0 Å². The van der Waals surface area contributed by atoms with Crippen molar-refractivity contribution in [3.05, 3.63) is 23.4 Å². The van der Waals surface area contributed by atoms with Crippen LogP contribution in [0.5, 0.6) is 5.88 Å². The summed E-state index contributed by atoms with van der Waals surface area (Å²) in [5, 5.41) is 0. The second-order valence-electron chi connectivity index (χ2n) is 6.76. The maximum atomic E-state index is 12.3. The van der Waals surface area contributed by atoms with Gasteiger partial charge in [-0.25, -0.2) is 4.98 Å². The van der Waals surface area contributed by atoms with E-state index in [1.165, 1.54) is 25.7 Å². The van der Waals surface area contributed by atoms with E-state index in [4.69, 9.17) is 9.47 Å². The fourth-order valence-electron chi connectivity index (χ4n) is 3.18. The molecule has 1 aromatic heterocycles. The van der Waals surface area contributed by atoms with Crippen molar-refractivity contribution in [3.8, 4) is 5.88 Å². The number of halogens is 3. The van der Waals surface area contributed by atoms with E-state index in [-0.39, 0.29) is 5.88 Å². The lowest BCUT2D eigenvalue weighted by molar-refractivity contribution is -0.154. The van der Waals surface area contributed by atoms with Crippen molar-refractivity contribution in [2.75, 3.05) is 40.0 Å². The molecule has 0 spiro atoms. The van der Waals surface area contributed by atoms with Crippen LogP contribution in [0.2, 0.25) is 0 Å². The number of alkyl halides is 3. The summed E-state index contributed by atoms with van der Waals surface area (Å²) in [5.74, 6) is 0.0607. The molecule has 0 fully saturated rings. The lowest BCUT2D eigenvalue weighted by Gasteiger charge is -2.19. The minimum Gasteiger partial charge on any atom is -0.468 e. The maximum absolute atomic E-state index is 12.3. The molecule has 0 aliphatic carbocycles. The normalized spacial score (nSPS) is 15.5. The molecule has 0 bridgehead atoms. The lowest BCUT2D eigenvalue weighted by atomic mass is 10.1. The number of unbranched alkanes of at least 4 members (excludes halogenated alkanes) is 4. The molecule has 148 valence electrons. The Morgan fingerprint density at radius 1 is 1.04 bits per heavy atom. The minimum atomic E-state index is -4.34. The van der Waals surface area contributed by atoms with E-state index in [9.17, 15) is 13.2 Å². The van der Waals surface area contributed by atoms with Crippen LogP contribution in [-0.4, -0.2) is 56.0 Å². The molecule has 2 heterocycles. The molecule has 1 aliphatic rings. The molecule has 7 heteroatoms. The van der Waals surface area contributed by atoms with Gasteiger partial charge in [0.2, 0.25) is 5.88 Å². The molecular weight excluding hydrogens is 345 g/mol. The van der Waals surface area contributed by atoms with Gasteiger partial charge in [0.1, 0.15) is 0 Å². The Bertz CT molecular complexity index is 538. The van der Waals surface area contributed by atoms with Crippen molar-refractivity contribution in [1.82, 2.24) is 9.88 Å². The number of rotatable bonds is 10. The third-order valence-electron chi connectivity index (χ3n) is 4.61. The minimum absolute atomic E-state index is 0.0607. The molecule has 0 N–H and O–H groups in total. The molecule has 1 aliphatic heterocycles. The first-order valence-electron chi connectivity index (χ1n) is 9.37. The average Bonchev–Trinajstić information content (AvgIpc) is 2.81. The summed E-state index contributed by atoms with van der Waals surface area (Å²) < 4.78 is 46.6. The second-order valence-corrected chi connectivity index (χ2v) is 6.76. The molecule has 0 saturated carbocycles. The van der Waals surface area contributed by atoms with Crippen molar-refractivity contribution >= 4 is 0 Å². The van der Waals surface area contributed by atoms with E-state index in [1.807, 2.05) is 6.07 Å². The molecule has 26 heavy (non-hydrogen) atoms. The van der Waals surface area contributed by atoms with Crippen LogP contribution in [0.1, 0.15) is 43.4 Å². The summed E-state index contributed by atoms with van der Waals surface area (Å²) in [6.45, 7) is 2.48. The number of hydrogen-bond acceptors (Lipinski definition) is 4. The van der Waals surface area contributed by atoms with E-state index in [0.29, 0.717) is 0 Å². The van der Waals surface area contributed by atoms with Crippen molar-refractivity contribution in [3.63, 3.8) is 0 Å². The van der Waals surface area contributed by atoms with Crippen LogP contribution >= 0.6 is 0 Å². The number of nitrogens with zero attached hydrogens (tertiary/aromatic N) is 2. The predicted octanol–water partition coefficient (Wildman–Crippen LogP) is 4.02. The maximum Gasteiger partial charge on any atom is 0.422 e. The van der Waals surface area contributed by atoms with Crippen LogP contribution in [0.4, 0.5) is 13.2 Å². The molecule has 0 atom stereocenters. The van der Waals surface area contributed by atoms with Gasteiger partial charge in [0.25, 0.3) is 0 Å². The summed E-state index contributed by atoms with van der Waals surface area (Å²) >= 11 is 0. The quantitative estimate of drug-likeness (QED) is 0.580. The topological polar surface area (TPSA) is 34.6 Å². The highest BCUT2D eigenvalue weighted by molar-refractivity contribution is 5.27. The molecule has 2 rings (SSSR count). The van der Waals surface area contributed by atoms with Crippen molar-refractivity contribution < 1.29 is 22.6 Å². The van der Waals surface area contributed by atoms with Gasteiger partial charge in [-0.2, -0.15) is 13.2 Å². The number of methoxy groups -OCH3 is 1. The van der Waals surface area contributed by atoms with Gasteiger partial charge in [-0.1, -0.05) is 25.3 Å². The number of fused-ring (bicyclic) bond motifs is 1. The molecule has 0 unspecified atom stereocenters. The smallest absolute Gasteiger partial charge is 0.422 e. The Morgan fingerprint density at radius 2 is 1.77 bits per heavy atom. The second kappa shape index (κ2) is 10.7. The Morgan fingerprint density at radius 3 is 2.54 bits per heavy atom. The van der Waals surface area contributed by atoms with Gasteiger partial charge in [-0.15, -0.1) is 0 Å². The Balaban J connectivity index is 1.72. The highest BCUT2D eigenvalue weighted by Crippen LogP contribution is 2.21. The zero-order valence-corrected chi connectivity index (χ0v) is 15.5. The van der Waals surface area contributed by atoms with Gasteiger partial charge < -0.3 is 14.4 Å². The molecule has 1 aromatic rings. The van der Waals surface area contributed by atoms with Crippen LogP contribution in [0.15, 0.2) is 12.1 Å². The van der Waals surface area contributed by atoms with E-state index < -0.39 is 12.8 Å². The summed E-state index contributed by atoms with van der Waals surface area (Å²) in [4.78, 5) is 6.71. The van der Waals surface area contributed by atoms with Crippen molar-refractivity contribution in [2.24, 2.45) is 0 Å². The third-order valence-corrected chi connectivity index (χ3v) is 4.61. The summed E-state index contributed by atoms with van der Waals surface area (Å²) in [6.07, 6.45) is 3.28. The fourth-order valence-corrected chi connectivity index (χ4v) is 3.18. The van der Waals surface area contributed by atoms with Gasteiger partial charge in [0.15, 0.2) is 6.61 Å². The first kappa shape index (κ1) is 21.0. The predicted molar refractivity (Wildman–Crippen MR) is 94.6 cm³/mol. The fraction of sp³-hybridized carbons (Fsp3) is 0.737. The standard InChI is InChI=1S/C19H29F3N2O2/c1-25-14-6-4-2-3-5-11-24-12-9-16-7-8-18(23-17(16)10-13-24)26-15-19(20,21)22/h7-8H,2-6,9-15H2,1H3. The Kier molecular flexibility index (Phi) is 8.65. The van der Waals surface area contributed by atoms with E-state index in [0.717, 1.165) is 56.8 Å². The zero-order chi connectivity index (χ0) is 18.8. The first-order chi connectivity index (χ1) is 12.5. The van der Waals surface area contributed by atoms with Gasteiger partial charge >= 0.3 is 6.18 Å². The van der Waals surface area contributed by atoms with E-state index in [1.54, 1.807) is 13.2 Å². The lowest BCUT2D eigenvalue weighted by Crippen LogP contribution is -2.27. The highest BCUT2D eigenvalue weighted by atomic mass is 19.4. The Labute approximate surface area is 153 Å². The molecule has 0 radical (unpaired) electrons. The van der Waals surface area contributed by atoms with Crippen LogP contribution in [0.25, 0.3) is 0 Å². The molecule has 0 aromatic carbocycles. The van der Waals surface area contributed by atoms with Crippen LogP contribution in [0.3, 0.4) is 0 Å². The number of hydrogen-bond donors (Lipinski definition) is 0. The molecule has 4 nitrogen and oxygen atoms in total. The van der Waals surface area contributed by atoms with Gasteiger partial charge in [-0.05, 0) is 31.4 Å². The largest absolute Gasteiger partial charge is 0.468 e. The van der Waals surface area contributed by atoms with Crippen molar-refractivity contribution in [1.29, 1.82) is 0 Å². The van der Waals surface area contributed by atoms with Crippen LogP contribution < -0.4 is 4.74 Å². The number of aromatic nitrogens is 1. The summed E-state index contributed by atoms with van der Waals surface area (Å²) in [7, 11) is 1.73.